The molecule has 2 aromatic heterocycles. The Kier molecular flexibility index (Phi) is 5.65. The smallest absolute Gasteiger partial charge is 0.216 e. The minimum Gasteiger partial charge on any atom is -0.454 e. The molecule has 4 heteroatoms. The van der Waals surface area contributed by atoms with Crippen molar-refractivity contribution in [1.29, 1.82) is 0 Å². The maximum absolute atomic E-state index is 15.4. The van der Waals surface area contributed by atoms with Crippen molar-refractivity contribution in [3.05, 3.63) is 88.9 Å². The lowest BCUT2D eigenvalue weighted by Crippen LogP contribution is -2.31. The lowest BCUT2D eigenvalue weighted by atomic mass is 9.90. The summed E-state index contributed by atoms with van der Waals surface area (Å²) in [6, 6.07) is 18.2. The molecule has 0 bridgehead atoms. The number of ether oxygens (including phenoxy) is 1. The third-order valence-electron chi connectivity index (χ3n) is 7.86. The summed E-state index contributed by atoms with van der Waals surface area (Å²) < 4.78 is 29.6. The van der Waals surface area contributed by atoms with Gasteiger partial charge in [0, 0.05) is 35.6 Å². The molecule has 0 N–H and O–H groups in total. The van der Waals surface area contributed by atoms with Gasteiger partial charge in [0.25, 0.3) is 0 Å². The van der Waals surface area contributed by atoms with Gasteiger partial charge in [-0.15, -0.1) is 0 Å². The van der Waals surface area contributed by atoms with Gasteiger partial charge >= 0.3 is 0 Å². The normalized spacial score (nSPS) is 14.7. The van der Waals surface area contributed by atoms with Crippen LogP contribution in [0.25, 0.3) is 44.3 Å². The summed E-state index contributed by atoms with van der Waals surface area (Å²) >= 11 is 0. The highest BCUT2D eigenvalue weighted by molar-refractivity contribution is 6.13. The van der Waals surface area contributed by atoms with Crippen LogP contribution in [-0.4, -0.2) is 13.2 Å². The number of benzene rings is 3. The van der Waals surface area contributed by atoms with Crippen LogP contribution in [0.4, 0.5) is 4.39 Å². The molecule has 1 fully saturated rings. The SMILES string of the molecule is Cc1cc(-c2c(C)ccc3c2oc2c(-c4ccc(C5CCOCC5)cc4)c(F)ccc23)[n+](C)cc1C. The Balaban J connectivity index is 1.55. The fourth-order valence-corrected chi connectivity index (χ4v) is 5.65. The molecule has 1 aliphatic rings. The van der Waals surface area contributed by atoms with E-state index >= 15 is 4.39 Å². The number of rotatable bonds is 3. The lowest BCUT2D eigenvalue weighted by Gasteiger charge is -2.22. The van der Waals surface area contributed by atoms with Crippen LogP contribution in [0, 0.1) is 26.6 Å². The average Bonchev–Trinajstić information content (AvgIpc) is 3.25. The molecule has 0 saturated carbocycles. The zero-order chi connectivity index (χ0) is 25.0. The first-order chi connectivity index (χ1) is 17.4. The number of fused-ring (bicyclic) bond motifs is 3. The fourth-order valence-electron chi connectivity index (χ4n) is 5.65. The second-order valence-corrected chi connectivity index (χ2v) is 10.2. The molecule has 36 heavy (non-hydrogen) atoms. The van der Waals surface area contributed by atoms with E-state index in [9.17, 15) is 0 Å². The van der Waals surface area contributed by atoms with Crippen LogP contribution in [-0.2, 0) is 11.8 Å². The van der Waals surface area contributed by atoms with E-state index in [-0.39, 0.29) is 5.82 Å². The van der Waals surface area contributed by atoms with E-state index in [4.69, 9.17) is 9.15 Å². The molecule has 0 radical (unpaired) electrons. The zero-order valence-corrected chi connectivity index (χ0v) is 21.3. The fraction of sp³-hybridized carbons (Fsp3) is 0.281. The van der Waals surface area contributed by atoms with Gasteiger partial charge in [-0.25, -0.2) is 8.96 Å². The third kappa shape index (κ3) is 3.72. The van der Waals surface area contributed by atoms with Crippen LogP contribution in [0.15, 0.2) is 65.2 Å². The maximum Gasteiger partial charge on any atom is 0.216 e. The van der Waals surface area contributed by atoms with Crippen molar-refractivity contribution in [3.63, 3.8) is 0 Å². The first-order valence-electron chi connectivity index (χ1n) is 12.7. The Morgan fingerprint density at radius 2 is 1.44 bits per heavy atom. The molecule has 3 aromatic carbocycles. The quantitative estimate of drug-likeness (QED) is 0.247. The second-order valence-electron chi connectivity index (χ2n) is 10.2. The first kappa shape index (κ1) is 22.9. The minimum atomic E-state index is -0.268. The largest absolute Gasteiger partial charge is 0.454 e. The Morgan fingerprint density at radius 1 is 0.778 bits per heavy atom. The number of nitrogens with zero attached hydrogens (tertiary/aromatic N) is 1. The maximum atomic E-state index is 15.4. The highest BCUT2D eigenvalue weighted by Gasteiger charge is 2.24. The average molecular weight is 481 g/mol. The molecule has 1 saturated heterocycles. The molecule has 3 nitrogen and oxygen atoms in total. The molecule has 0 aliphatic carbocycles. The summed E-state index contributed by atoms with van der Waals surface area (Å²) in [5.41, 5.74) is 9.78. The zero-order valence-electron chi connectivity index (χ0n) is 21.3. The first-order valence-corrected chi connectivity index (χ1v) is 12.7. The van der Waals surface area contributed by atoms with Crippen LogP contribution < -0.4 is 4.57 Å². The van der Waals surface area contributed by atoms with Crippen molar-refractivity contribution >= 4 is 21.9 Å². The van der Waals surface area contributed by atoms with Gasteiger partial charge in [0.2, 0.25) is 5.69 Å². The summed E-state index contributed by atoms with van der Waals surface area (Å²) in [5, 5.41) is 1.94. The van der Waals surface area contributed by atoms with Crippen molar-refractivity contribution in [2.45, 2.75) is 39.5 Å². The minimum absolute atomic E-state index is 0.268. The summed E-state index contributed by atoms with van der Waals surface area (Å²) in [6.07, 6.45) is 4.21. The molecule has 0 amide bonds. The molecule has 1 aliphatic heterocycles. The molecule has 5 aromatic rings. The second kappa shape index (κ2) is 8.86. The number of aryl methyl sites for hydroxylation is 4. The number of furan rings is 1. The summed E-state index contributed by atoms with van der Waals surface area (Å²) in [4.78, 5) is 0. The van der Waals surface area contributed by atoms with Crippen LogP contribution in [0.3, 0.4) is 0 Å². The molecule has 182 valence electrons. The Labute approximate surface area is 211 Å². The van der Waals surface area contributed by atoms with Crippen molar-refractivity contribution in [3.8, 4) is 22.4 Å². The van der Waals surface area contributed by atoms with Crippen LogP contribution in [0.5, 0.6) is 0 Å². The predicted octanol–water partition coefficient (Wildman–Crippen LogP) is 7.70. The van der Waals surface area contributed by atoms with Crippen molar-refractivity contribution in [2.24, 2.45) is 7.05 Å². The Bertz CT molecular complexity index is 1610. The summed E-state index contributed by atoms with van der Waals surface area (Å²) in [5.74, 6) is 0.235. The van der Waals surface area contributed by atoms with E-state index in [2.05, 4.69) is 68.9 Å². The molecule has 3 heterocycles. The standard InChI is InChI=1S/C32H31FNO2/c1-19-5-10-25-26-11-12-27(33)30(24-8-6-22(7-9-24)23-13-15-35-16-14-23)32(26)36-31(25)29(19)28-17-20(2)21(3)18-34(28)4/h5-12,17-18,23H,13-16H2,1-4H3/q+1. The van der Waals surface area contributed by atoms with Crippen molar-refractivity contribution < 1.29 is 18.1 Å². The monoisotopic (exact) mass is 480 g/mol. The third-order valence-corrected chi connectivity index (χ3v) is 7.86. The van der Waals surface area contributed by atoms with Gasteiger partial charge < -0.3 is 9.15 Å². The number of hydrogen-bond acceptors (Lipinski definition) is 2. The lowest BCUT2D eigenvalue weighted by molar-refractivity contribution is -0.660. The number of hydrogen-bond donors (Lipinski definition) is 0. The van der Waals surface area contributed by atoms with Crippen LogP contribution in [0.1, 0.15) is 41.0 Å². The van der Waals surface area contributed by atoms with E-state index in [1.165, 1.54) is 16.7 Å². The van der Waals surface area contributed by atoms with E-state index in [0.29, 0.717) is 17.1 Å². The Hall–Kier alpha value is -3.50. The Morgan fingerprint density at radius 3 is 2.17 bits per heavy atom. The number of pyridine rings is 1. The molecule has 0 spiro atoms. The van der Waals surface area contributed by atoms with Gasteiger partial charge in [-0.1, -0.05) is 36.4 Å². The summed E-state index contributed by atoms with van der Waals surface area (Å²) in [7, 11) is 2.06. The molecular weight excluding hydrogens is 449 g/mol. The van der Waals surface area contributed by atoms with E-state index in [0.717, 1.165) is 64.8 Å². The topological polar surface area (TPSA) is 26.2 Å². The predicted molar refractivity (Wildman–Crippen MR) is 143 cm³/mol. The summed E-state index contributed by atoms with van der Waals surface area (Å²) in [6.45, 7) is 7.97. The van der Waals surface area contributed by atoms with Gasteiger partial charge in [0.15, 0.2) is 6.20 Å². The van der Waals surface area contributed by atoms with E-state index < -0.39 is 0 Å². The van der Waals surface area contributed by atoms with E-state index in [1.807, 2.05) is 18.2 Å². The van der Waals surface area contributed by atoms with Gasteiger partial charge in [0.05, 0.1) is 11.1 Å². The van der Waals surface area contributed by atoms with Gasteiger partial charge in [-0.3, -0.25) is 0 Å². The van der Waals surface area contributed by atoms with Crippen LogP contribution in [0.2, 0.25) is 0 Å². The molecule has 6 rings (SSSR count). The van der Waals surface area contributed by atoms with Gasteiger partial charge in [-0.2, -0.15) is 0 Å². The van der Waals surface area contributed by atoms with Crippen molar-refractivity contribution in [1.82, 2.24) is 0 Å². The highest BCUT2D eigenvalue weighted by Crippen LogP contribution is 2.42. The van der Waals surface area contributed by atoms with Crippen molar-refractivity contribution in [2.75, 3.05) is 13.2 Å². The van der Waals surface area contributed by atoms with Crippen LogP contribution >= 0.6 is 0 Å². The molecule has 0 unspecified atom stereocenters. The van der Waals surface area contributed by atoms with E-state index in [1.54, 1.807) is 6.07 Å². The number of halogens is 1. The molecule has 0 atom stereocenters. The highest BCUT2D eigenvalue weighted by atomic mass is 19.1. The van der Waals surface area contributed by atoms with Gasteiger partial charge in [-0.05, 0) is 73.9 Å². The van der Waals surface area contributed by atoms with Gasteiger partial charge in [0.1, 0.15) is 24.0 Å². The number of aromatic nitrogens is 1. The molecular formula is C32H31FNO2+.